The van der Waals surface area contributed by atoms with Crippen molar-refractivity contribution in [1.29, 1.82) is 0 Å². The van der Waals surface area contributed by atoms with E-state index in [1.54, 1.807) is 23.1 Å². The molecule has 0 aliphatic heterocycles. The van der Waals surface area contributed by atoms with E-state index < -0.39 is 0 Å². The van der Waals surface area contributed by atoms with E-state index in [-0.39, 0.29) is 18.1 Å². The fourth-order valence-corrected chi connectivity index (χ4v) is 1.71. The average Bonchev–Trinajstić information content (AvgIpc) is 2.37. The maximum Gasteiger partial charge on any atom is 0.227 e. The van der Waals surface area contributed by atoms with Crippen LogP contribution in [0.2, 0.25) is 0 Å². The smallest absolute Gasteiger partial charge is 0.227 e. The molecule has 1 aromatic rings. The van der Waals surface area contributed by atoms with Gasteiger partial charge in [-0.2, -0.15) is 0 Å². The molecule has 100 valence electrons. The van der Waals surface area contributed by atoms with Gasteiger partial charge in [0.25, 0.3) is 0 Å². The minimum Gasteiger partial charge on any atom is -0.508 e. The van der Waals surface area contributed by atoms with Crippen LogP contribution in [0, 0.1) is 0 Å². The zero-order valence-corrected chi connectivity index (χ0v) is 11.1. The van der Waals surface area contributed by atoms with Crippen molar-refractivity contribution in [2.75, 3.05) is 26.3 Å². The Morgan fingerprint density at radius 1 is 1.33 bits per heavy atom. The van der Waals surface area contributed by atoms with Gasteiger partial charge in [0, 0.05) is 25.3 Å². The molecular formula is C14H21NO3. The lowest BCUT2D eigenvalue weighted by atomic mass is 10.1. The summed E-state index contributed by atoms with van der Waals surface area (Å²) in [7, 11) is 0. The number of hydrogen-bond acceptors (Lipinski definition) is 3. The van der Waals surface area contributed by atoms with Crippen LogP contribution in [0.3, 0.4) is 0 Å². The summed E-state index contributed by atoms with van der Waals surface area (Å²) in [4.78, 5) is 13.8. The maximum atomic E-state index is 12.0. The highest BCUT2D eigenvalue weighted by molar-refractivity contribution is 5.79. The predicted octanol–water partition coefficient (Wildman–Crippen LogP) is 1.82. The van der Waals surface area contributed by atoms with E-state index >= 15 is 0 Å². The lowest BCUT2D eigenvalue weighted by Gasteiger charge is -2.21. The van der Waals surface area contributed by atoms with Gasteiger partial charge in [-0.15, -0.1) is 0 Å². The molecule has 4 heteroatoms. The topological polar surface area (TPSA) is 49.8 Å². The molecule has 0 aromatic heterocycles. The molecule has 18 heavy (non-hydrogen) atoms. The van der Waals surface area contributed by atoms with E-state index in [1.807, 2.05) is 19.9 Å². The third kappa shape index (κ3) is 4.37. The van der Waals surface area contributed by atoms with Crippen LogP contribution in [0.4, 0.5) is 0 Å². The molecule has 0 spiro atoms. The predicted molar refractivity (Wildman–Crippen MR) is 70.6 cm³/mol. The number of likely N-dealkylation sites (N-methyl/N-ethyl adjacent to an activating group) is 1. The number of rotatable bonds is 7. The number of aromatic hydroxyl groups is 1. The minimum absolute atomic E-state index is 0.0127. The summed E-state index contributed by atoms with van der Waals surface area (Å²) in [5, 5.41) is 9.63. The van der Waals surface area contributed by atoms with Crippen LogP contribution >= 0.6 is 0 Å². The Morgan fingerprint density at radius 2 is 2.06 bits per heavy atom. The molecule has 0 bridgehead atoms. The van der Waals surface area contributed by atoms with Crippen LogP contribution in [-0.2, 0) is 16.0 Å². The average molecular weight is 251 g/mol. The zero-order chi connectivity index (χ0) is 13.4. The van der Waals surface area contributed by atoms with Crippen molar-refractivity contribution >= 4 is 5.91 Å². The molecule has 0 unspecified atom stereocenters. The third-order valence-electron chi connectivity index (χ3n) is 2.78. The van der Waals surface area contributed by atoms with Crippen molar-refractivity contribution in [2.24, 2.45) is 0 Å². The summed E-state index contributed by atoms with van der Waals surface area (Å²) >= 11 is 0. The second-order valence-electron chi connectivity index (χ2n) is 3.98. The van der Waals surface area contributed by atoms with E-state index in [4.69, 9.17) is 4.74 Å². The number of benzene rings is 1. The van der Waals surface area contributed by atoms with Crippen LogP contribution in [-0.4, -0.2) is 42.2 Å². The number of carbonyl (C=O) groups is 1. The van der Waals surface area contributed by atoms with Gasteiger partial charge in [0.1, 0.15) is 5.75 Å². The van der Waals surface area contributed by atoms with Gasteiger partial charge in [-0.05, 0) is 19.9 Å². The molecular weight excluding hydrogens is 230 g/mol. The van der Waals surface area contributed by atoms with Crippen molar-refractivity contribution in [3.63, 3.8) is 0 Å². The number of phenolic OH excluding ortho intramolecular Hbond substituents is 1. The summed E-state index contributed by atoms with van der Waals surface area (Å²) in [5.41, 5.74) is 0.664. The van der Waals surface area contributed by atoms with Gasteiger partial charge >= 0.3 is 0 Å². The number of amides is 1. The van der Waals surface area contributed by atoms with Crippen molar-refractivity contribution in [2.45, 2.75) is 20.3 Å². The van der Waals surface area contributed by atoms with Gasteiger partial charge in [0.15, 0.2) is 0 Å². The van der Waals surface area contributed by atoms with Crippen molar-refractivity contribution in [1.82, 2.24) is 4.90 Å². The van der Waals surface area contributed by atoms with Gasteiger partial charge in [-0.3, -0.25) is 4.79 Å². The molecule has 0 radical (unpaired) electrons. The largest absolute Gasteiger partial charge is 0.508 e. The summed E-state index contributed by atoms with van der Waals surface area (Å²) < 4.78 is 5.25. The molecule has 0 fully saturated rings. The monoisotopic (exact) mass is 251 g/mol. The maximum absolute atomic E-state index is 12.0. The molecule has 0 aliphatic rings. The van der Waals surface area contributed by atoms with Crippen molar-refractivity contribution < 1.29 is 14.6 Å². The number of hydrogen-bond donors (Lipinski definition) is 1. The highest BCUT2D eigenvalue weighted by Crippen LogP contribution is 2.16. The highest BCUT2D eigenvalue weighted by Gasteiger charge is 2.13. The molecule has 1 rings (SSSR count). The van der Waals surface area contributed by atoms with Crippen molar-refractivity contribution in [3.8, 4) is 5.75 Å². The molecule has 1 amide bonds. The Labute approximate surface area is 108 Å². The van der Waals surface area contributed by atoms with Gasteiger partial charge < -0.3 is 14.7 Å². The summed E-state index contributed by atoms with van der Waals surface area (Å²) in [6.45, 7) is 6.33. The summed E-state index contributed by atoms with van der Waals surface area (Å²) in [6.07, 6.45) is 0.229. The lowest BCUT2D eigenvalue weighted by molar-refractivity contribution is -0.131. The van der Waals surface area contributed by atoms with Gasteiger partial charge in [-0.25, -0.2) is 0 Å². The van der Waals surface area contributed by atoms with Crippen LogP contribution in [0.1, 0.15) is 19.4 Å². The molecule has 4 nitrogen and oxygen atoms in total. The second kappa shape index (κ2) is 7.71. The SMILES string of the molecule is CCOCCN(CC)C(=O)Cc1ccccc1O. The molecule has 0 saturated carbocycles. The Morgan fingerprint density at radius 3 is 2.67 bits per heavy atom. The van der Waals surface area contributed by atoms with E-state index in [0.29, 0.717) is 31.9 Å². The number of carbonyl (C=O) groups excluding carboxylic acids is 1. The fraction of sp³-hybridized carbons (Fsp3) is 0.500. The molecule has 0 aliphatic carbocycles. The first-order valence-electron chi connectivity index (χ1n) is 6.31. The Hall–Kier alpha value is -1.55. The second-order valence-corrected chi connectivity index (χ2v) is 3.98. The van der Waals surface area contributed by atoms with Crippen LogP contribution in [0.15, 0.2) is 24.3 Å². The van der Waals surface area contributed by atoms with Gasteiger partial charge in [0.2, 0.25) is 5.91 Å². The number of nitrogens with zero attached hydrogens (tertiary/aromatic N) is 1. The summed E-state index contributed by atoms with van der Waals surface area (Å²) in [5.74, 6) is 0.186. The van der Waals surface area contributed by atoms with E-state index in [1.165, 1.54) is 0 Å². The number of phenols is 1. The molecule has 0 saturated heterocycles. The standard InChI is InChI=1S/C14H21NO3/c1-3-15(9-10-18-4-2)14(17)11-12-7-5-6-8-13(12)16/h5-8,16H,3-4,9-11H2,1-2H3. The van der Waals surface area contributed by atoms with Gasteiger partial charge in [0.05, 0.1) is 13.0 Å². The van der Waals surface area contributed by atoms with E-state index in [9.17, 15) is 9.90 Å². The van der Waals surface area contributed by atoms with E-state index in [0.717, 1.165) is 0 Å². The van der Waals surface area contributed by atoms with Gasteiger partial charge in [-0.1, -0.05) is 18.2 Å². The first-order chi connectivity index (χ1) is 8.69. The molecule has 0 heterocycles. The summed E-state index contributed by atoms with van der Waals surface area (Å²) in [6, 6.07) is 6.93. The quantitative estimate of drug-likeness (QED) is 0.752. The molecule has 1 N–H and O–H groups in total. The third-order valence-corrected chi connectivity index (χ3v) is 2.78. The number of para-hydroxylation sites is 1. The first kappa shape index (κ1) is 14.5. The highest BCUT2D eigenvalue weighted by atomic mass is 16.5. The minimum atomic E-state index is 0.0127. The van der Waals surface area contributed by atoms with Crippen LogP contribution < -0.4 is 0 Å². The molecule has 1 aromatic carbocycles. The van der Waals surface area contributed by atoms with Crippen LogP contribution in [0.5, 0.6) is 5.75 Å². The van der Waals surface area contributed by atoms with E-state index in [2.05, 4.69) is 0 Å². The first-order valence-corrected chi connectivity index (χ1v) is 6.31. The fourth-order valence-electron chi connectivity index (χ4n) is 1.71. The number of ether oxygens (including phenoxy) is 1. The van der Waals surface area contributed by atoms with Crippen LogP contribution in [0.25, 0.3) is 0 Å². The Bertz CT molecular complexity index is 379. The zero-order valence-electron chi connectivity index (χ0n) is 11.1. The van der Waals surface area contributed by atoms with Crippen molar-refractivity contribution in [3.05, 3.63) is 29.8 Å². The molecule has 0 atom stereocenters. The Balaban J connectivity index is 2.54. The lowest BCUT2D eigenvalue weighted by Crippen LogP contribution is -2.35. The normalized spacial score (nSPS) is 10.3. The Kier molecular flexibility index (Phi) is 6.22.